The van der Waals surface area contributed by atoms with Crippen LogP contribution in [0.2, 0.25) is 0 Å². The molecule has 3 N–H and O–H groups in total. The van der Waals surface area contributed by atoms with Crippen LogP contribution in [0.25, 0.3) is 0 Å². The summed E-state index contributed by atoms with van der Waals surface area (Å²) in [7, 11) is 0. The van der Waals surface area contributed by atoms with Gasteiger partial charge in [-0.3, -0.25) is 4.98 Å². The highest BCUT2D eigenvalue weighted by molar-refractivity contribution is 5.92. The Labute approximate surface area is 115 Å². The Hall–Kier alpha value is -2.89. The third-order valence-corrected chi connectivity index (χ3v) is 2.57. The zero-order valence-corrected chi connectivity index (χ0v) is 10.5. The van der Waals surface area contributed by atoms with E-state index in [0.29, 0.717) is 11.3 Å². The number of benzene rings is 1. The second-order valence-corrected chi connectivity index (χ2v) is 4.02. The van der Waals surface area contributed by atoms with Crippen molar-refractivity contribution in [1.82, 2.24) is 10.3 Å². The summed E-state index contributed by atoms with van der Waals surface area (Å²) in [6.07, 6.45) is 3.05. The molecule has 102 valence electrons. The molecule has 2 aromatic rings. The van der Waals surface area contributed by atoms with Gasteiger partial charge in [-0.15, -0.1) is 0 Å². The van der Waals surface area contributed by atoms with Crippen LogP contribution in [0.15, 0.2) is 54.9 Å². The zero-order valence-electron chi connectivity index (χ0n) is 10.5. The van der Waals surface area contributed by atoms with Gasteiger partial charge in [-0.2, -0.15) is 0 Å². The van der Waals surface area contributed by atoms with Gasteiger partial charge in [-0.25, -0.2) is 9.59 Å². The molecule has 0 bridgehead atoms. The lowest BCUT2D eigenvalue weighted by Gasteiger charge is -2.15. The number of amides is 2. The van der Waals surface area contributed by atoms with Gasteiger partial charge in [0.15, 0.2) is 6.04 Å². The maximum absolute atomic E-state index is 11.8. The van der Waals surface area contributed by atoms with Crippen LogP contribution in [0, 0.1) is 0 Å². The van der Waals surface area contributed by atoms with E-state index >= 15 is 0 Å². The molecule has 0 saturated heterocycles. The molecule has 0 radical (unpaired) electrons. The van der Waals surface area contributed by atoms with Crippen LogP contribution in [-0.4, -0.2) is 22.1 Å². The Kier molecular flexibility index (Phi) is 4.28. The van der Waals surface area contributed by atoms with Gasteiger partial charge in [0.2, 0.25) is 0 Å². The first kappa shape index (κ1) is 13.5. The van der Waals surface area contributed by atoms with Crippen LogP contribution < -0.4 is 10.6 Å². The average molecular weight is 271 g/mol. The number of aliphatic carboxylic acids is 1. The average Bonchev–Trinajstić information content (AvgIpc) is 2.46. The van der Waals surface area contributed by atoms with Gasteiger partial charge in [0.1, 0.15) is 0 Å². The van der Waals surface area contributed by atoms with Gasteiger partial charge in [0.05, 0.1) is 11.9 Å². The molecule has 0 aliphatic heterocycles. The topological polar surface area (TPSA) is 91.3 Å². The molecular formula is C14H13N3O3. The van der Waals surface area contributed by atoms with Crippen molar-refractivity contribution in [3.05, 3.63) is 60.4 Å². The summed E-state index contributed by atoms with van der Waals surface area (Å²) in [6.45, 7) is 0. The summed E-state index contributed by atoms with van der Waals surface area (Å²) in [5.74, 6) is -1.13. The lowest BCUT2D eigenvalue weighted by molar-refractivity contribution is -0.139. The largest absolute Gasteiger partial charge is 0.479 e. The fourth-order valence-corrected chi connectivity index (χ4v) is 1.67. The number of carbonyl (C=O) groups is 2. The van der Waals surface area contributed by atoms with Crippen molar-refractivity contribution in [2.75, 3.05) is 5.32 Å². The number of nitrogens with zero attached hydrogens (tertiary/aromatic N) is 1. The summed E-state index contributed by atoms with van der Waals surface area (Å²) in [5.41, 5.74) is 0.989. The minimum atomic E-state index is -1.13. The van der Waals surface area contributed by atoms with Gasteiger partial charge < -0.3 is 15.7 Å². The van der Waals surface area contributed by atoms with Crippen LogP contribution in [0.4, 0.5) is 10.5 Å². The van der Waals surface area contributed by atoms with Gasteiger partial charge in [-0.05, 0) is 17.7 Å². The molecular weight excluding hydrogens is 258 g/mol. The first-order valence-corrected chi connectivity index (χ1v) is 5.92. The highest BCUT2D eigenvalue weighted by Crippen LogP contribution is 2.13. The molecule has 1 heterocycles. The minimum absolute atomic E-state index is 0.488. The van der Waals surface area contributed by atoms with Crippen LogP contribution in [0.5, 0.6) is 0 Å². The molecule has 1 atom stereocenters. The Morgan fingerprint density at radius 2 is 1.85 bits per heavy atom. The number of aromatic nitrogens is 1. The standard InChI is InChI=1S/C14H13N3O3/c18-13(19)12(10-5-2-1-3-6-10)17-14(20)16-11-7-4-8-15-9-11/h1-9,12H,(H,18,19)(H2,16,17,20)/t12-/m0/s1. The quantitative estimate of drug-likeness (QED) is 0.793. The molecule has 2 rings (SSSR count). The number of carbonyl (C=O) groups excluding carboxylic acids is 1. The highest BCUT2D eigenvalue weighted by atomic mass is 16.4. The number of hydrogen-bond acceptors (Lipinski definition) is 3. The minimum Gasteiger partial charge on any atom is -0.479 e. The van der Waals surface area contributed by atoms with Crippen molar-refractivity contribution in [3.63, 3.8) is 0 Å². The maximum Gasteiger partial charge on any atom is 0.330 e. The van der Waals surface area contributed by atoms with Crippen molar-refractivity contribution in [3.8, 4) is 0 Å². The second kappa shape index (κ2) is 6.33. The normalized spacial score (nSPS) is 11.4. The Morgan fingerprint density at radius 1 is 1.10 bits per heavy atom. The fraction of sp³-hybridized carbons (Fsp3) is 0.0714. The van der Waals surface area contributed by atoms with Crippen molar-refractivity contribution in [2.45, 2.75) is 6.04 Å². The van der Waals surface area contributed by atoms with E-state index < -0.39 is 18.0 Å². The molecule has 0 aliphatic carbocycles. The van der Waals surface area contributed by atoms with Crippen molar-refractivity contribution in [1.29, 1.82) is 0 Å². The van der Waals surface area contributed by atoms with Crippen molar-refractivity contribution >= 4 is 17.7 Å². The van der Waals surface area contributed by atoms with Crippen LogP contribution in [-0.2, 0) is 4.79 Å². The van der Waals surface area contributed by atoms with E-state index in [-0.39, 0.29) is 0 Å². The lowest BCUT2D eigenvalue weighted by Crippen LogP contribution is -2.36. The number of rotatable bonds is 4. The Balaban J connectivity index is 2.06. The number of anilines is 1. The number of urea groups is 1. The second-order valence-electron chi connectivity index (χ2n) is 4.02. The van der Waals surface area contributed by atoms with E-state index in [4.69, 9.17) is 0 Å². The molecule has 1 aromatic heterocycles. The Bertz CT molecular complexity index is 587. The van der Waals surface area contributed by atoms with Gasteiger partial charge in [-0.1, -0.05) is 30.3 Å². The molecule has 0 unspecified atom stereocenters. The van der Waals surface area contributed by atoms with Crippen LogP contribution in [0.3, 0.4) is 0 Å². The fourth-order valence-electron chi connectivity index (χ4n) is 1.67. The van der Waals surface area contributed by atoms with E-state index in [1.807, 2.05) is 0 Å². The summed E-state index contributed by atoms with van der Waals surface area (Å²) in [5, 5.41) is 14.1. The predicted molar refractivity (Wildman–Crippen MR) is 73.2 cm³/mol. The maximum atomic E-state index is 11.8. The summed E-state index contributed by atoms with van der Waals surface area (Å²) >= 11 is 0. The Morgan fingerprint density at radius 3 is 2.45 bits per heavy atom. The summed E-state index contributed by atoms with van der Waals surface area (Å²) < 4.78 is 0. The number of hydrogen-bond donors (Lipinski definition) is 3. The molecule has 2 amide bonds. The smallest absolute Gasteiger partial charge is 0.330 e. The van der Waals surface area contributed by atoms with Gasteiger partial charge in [0, 0.05) is 6.20 Å². The van der Waals surface area contributed by atoms with E-state index in [2.05, 4.69) is 15.6 Å². The SMILES string of the molecule is O=C(Nc1cccnc1)N[C@H](C(=O)O)c1ccccc1. The number of carboxylic acids is 1. The molecule has 0 fully saturated rings. The summed E-state index contributed by atoms with van der Waals surface area (Å²) in [6, 6.07) is 10.1. The number of carboxylic acid groups (broad SMARTS) is 1. The molecule has 6 heteroatoms. The number of pyridine rings is 1. The van der Waals surface area contributed by atoms with E-state index in [1.54, 1.807) is 48.7 Å². The van der Waals surface area contributed by atoms with E-state index in [1.165, 1.54) is 6.20 Å². The molecule has 0 saturated carbocycles. The molecule has 1 aromatic carbocycles. The molecule has 20 heavy (non-hydrogen) atoms. The van der Waals surface area contributed by atoms with Crippen LogP contribution >= 0.6 is 0 Å². The molecule has 0 spiro atoms. The third kappa shape index (κ3) is 3.55. The predicted octanol–water partition coefficient (Wildman–Crippen LogP) is 2.03. The summed E-state index contributed by atoms with van der Waals surface area (Å²) in [4.78, 5) is 26.9. The lowest BCUT2D eigenvalue weighted by atomic mass is 10.1. The number of nitrogens with one attached hydrogen (secondary N) is 2. The van der Waals surface area contributed by atoms with Gasteiger partial charge >= 0.3 is 12.0 Å². The highest BCUT2D eigenvalue weighted by Gasteiger charge is 2.21. The van der Waals surface area contributed by atoms with Crippen molar-refractivity contribution in [2.24, 2.45) is 0 Å². The first-order valence-electron chi connectivity index (χ1n) is 5.92. The third-order valence-electron chi connectivity index (χ3n) is 2.57. The van der Waals surface area contributed by atoms with Crippen molar-refractivity contribution < 1.29 is 14.7 Å². The molecule has 6 nitrogen and oxygen atoms in total. The zero-order chi connectivity index (χ0) is 14.4. The van der Waals surface area contributed by atoms with Gasteiger partial charge in [0.25, 0.3) is 0 Å². The first-order chi connectivity index (χ1) is 9.66. The molecule has 0 aliphatic rings. The monoisotopic (exact) mass is 271 g/mol. The van der Waals surface area contributed by atoms with E-state index in [9.17, 15) is 14.7 Å². The van der Waals surface area contributed by atoms with E-state index in [0.717, 1.165) is 0 Å². The van der Waals surface area contributed by atoms with Crippen LogP contribution in [0.1, 0.15) is 11.6 Å².